The van der Waals surface area contributed by atoms with Gasteiger partial charge in [-0.2, -0.15) is 9.98 Å². The third-order valence-corrected chi connectivity index (χ3v) is 4.80. The molecule has 0 aliphatic carbocycles. The van der Waals surface area contributed by atoms with Gasteiger partial charge in [-0.05, 0) is 24.1 Å². The molecular weight excluding hydrogens is 320 g/mol. The maximum absolute atomic E-state index is 12.2. The van der Waals surface area contributed by atoms with E-state index in [1.807, 2.05) is 25.1 Å². The van der Waals surface area contributed by atoms with E-state index in [0.717, 1.165) is 5.56 Å². The van der Waals surface area contributed by atoms with Gasteiger partial charge in [-0.1, -0.05) is 59.6 Å². The second kappa shape index (κ2) is 6.93. The van der Waals surface area contributed by atoms with Crippen molar-refractivity contribution in [1.29, 1.82) is 5.26 Å². The first-order valence-electron chi connectivity index (χ1n) is 6.61. The number of benzene rings is 2. The minimum atomic E-state index is -3.68. The second-order valence-corrected chi connectivity index (χ2v) is 7.10. The highest BCUT2D eigenvalue weighted by atomic mass is 35.5. The van der Waals surface area contributed by atoms with Crippen LogP contribution in [-0.2, 0) is 15.8 Å². The first kappa shape index (κ1) is 16.5. The molecule has 0 saturated heterocycles. The molecule has 1 N–H and O–H groups in total. The van der Waals surface area contributed by atoms with Crippen LogP contribution in [0.2, 0.25) is 5.02 Å². The largest absolute Gasteiger partial charge is 0.217 e. The van der Waals surface area contributed by atoms with E-state index in [0.29, 0.717) is 16.1 Å². The van der Waals surface area contributed by atoms with Gasteiger partial charge in [0.05, 0.1) is 11.8 Å². The Bertz CT molecular complexity index is 796. The number of nitrogens with zero attached hydrogens (tertiary/aromatic N) is 1. The Labute approximate surface area is 135 Å². The summed E-state index contributed by atoms with van der Waals surface area (Å²) < 4.78 is 26.9. The summed E-state index contributed by atoms with van der Waals surface area (Å²) in [5.74, 6) is -0.267. The van der Waals surface area contributed by atoms with E-state index in [1.165, 1.54) is 0 Å². The molecule has 0 aromatic heterocycles. The highest BCUT2D eigenvalue weighted by Gasteiger charge is 2.20. The van der Waals surface area contributed by atoms with Crippen LogP contribution >= 0.6 is 11.6 Å². The Kier molecular flexibility index (Phi) is 5.19. The van der Waals surface area contributed by atoms with Gasteiger partial charge in [0, 0.05) is 5.02 Å². The van der Waals surface area contributed by atoms with E-state index in [9.17, 15) is 13.7 Å². The SMILES string of the molecule is Cc1ccc(C(C#N)NS(=O)(=O)Cc2ccccc2Cl)cc1. The standard InChI is InChI=1S/C16H15ClN2O2S/c1-12-6-8-13(9-7-12)16(10-18)19-22(20,21)11-14-4-2-3-5-15(14)17/h2-9,16,19H,11H2,1H3. The molecule has 0 fully saturated rings. The molecule has 0 radical (unpaired) electrons. The summed E-state index contributed by atoms with van der Waals surface area (Å²) in [5, 5.41) is 9.62. The first-order chi connectivity index (χ1) is 10.4. The Morgan fingerprint density at radius 2 is 1.82 bits per heavy atom. The van der Waals surface area contributed by atoms with Gasteiger partial charge in [0.1, 0.15) is 6.04 Å². The quantitative estimate of drug-likeness (QED) is 0.911. The van der Waals surface area contributed by atoms with Crippen LogP contribution in [0, 0.1) is 18.3 Å². The summed E-state index contributed by atoms with van der Waals surface area (Å²) in [4.78, 5) is 0. The molecule has 2 aromatic rings. The van der Waals surface area contributed by atoms with Crippen molar-refractivity contribution in [3.63, 3.8) is 0 Å². The summed E-state index contributed by atoms with van der Waals surface area (Å²) >= 11 is 5.98. The normalized spacial score (nSPS) is 12.6. The zero-order valence-electron chi connectivity index (χ0n) is 12.0. The lowest BCUT2D eigenvalue weighted by Gasteiger charge is -2.13. The molecule has 114 valence electrons. The van der Waals surface area contributed by atoms with Gasteiger partial charge < -0.3 is 0 Å². The fourth-order valence-corrected chi connectivity index (χ4v) is 3.54. The van der Waals surface area contributed by atoms with Crippen molar-refractivity contribution in [2.24, 2.45) is 0 Å². The number of halogens is 1. The number of nitrogens with one attached hydrogen (secondary N) is 1. The van der Waals surface area contributed by atoms with E-state index < -0.39 is 16.1 Å². The third kappa shape index (κ3) is 4.31. The Morgan fingerprint density at radius 3 is 2.41 bits per heavy atom. The van der Waals surface area contributed by atoms with Crippen molar-refractivity contribution in [3.05, 3.63) is 70.2 Å². The zero-order chi connectivity index (χ0) is 16.2. The molecule has 0 aliphatic rings. The van der Waals surface area contributed by atoms with Crippen LogP contribution < -0.4 is 4.72 Å². The van der Waals surface area contributed by atoms with Gasteiger partial charge in [0.2, 0.25) is 10.0 Å². The highest BCUT2D eigenvalue weighted by molar-refractivity contribution is 7.88. The molecule has 2 aromatic carbocycles. The molecule has 1 atom stereocenters. The van der Waals surface area contributed by atoms with Gasteiger partial charge in [-0.3, -0.25) is 0 Å². The Balaban J connectivity index is 2.18. The van der Waals surface area contributed by atoms with Gasteiger partial charge in [0.25, 0.3) is 0 Å². The van der Waals surface area contributed by atoms with Gasteiger partial charge in [-0.25, -0.2) is 8.42 Å². The van der Waals surface area contributed by atoms with Crippen LogP contribution in [0.3, 0.4) is 0 Å². The Hall–Kier alpha value is -1.87. The molecule has 0 saturated carbocycles. The van der Waals surface area contributed by atoms with Crippen molar-refractivity contribution in [2.75, 3.05) is 0 Å². The summed E-state index contributed by atoms with van der Waals surface area (Å²) in [6.45, 7) is 1.92. The van der Waals surface area contributed by atoms with E-state index in [2.05, 4.69) is 4.72 Å². The summed E-state index contributed by atoms with van der Waals surface area (Å²) in [6.07, 6.45) is 0. The number of hydrogen-bond donors (Lipinski definition) is 1. The predicted molar refractivity (Wildman–Crippen MR) is 86.7 cm³/mol. The maximum Gasteiger partial charge on any atom is 0.217 e. The topological polar surface area (TPSA) is 70.0 Å². The van der Waals surface area contributed by atoms with Crippen LogP contribution in [-0.4, -0.2) is 8.42 Å². The van der Waals surface area contributed by atoms with Crippen LogP contribution in [0.15, 0.2) is 48.5 Å². The van der Waals surface area contributed by atoms with Crippen LogP contribution in [0.5, 0.6) is 0 Å². The molecule has 1 unspecified atom stereocenters. The second-order valence-electron chi connectivity index (χ2n) is 4.94. The van der Waals surface area contributed by atoms with E-state index in [-0.39, 0.29) is 5.75 Å². The molecule has 6 heteroatoms. The predicted octanol–water partition coefficient (Wildman–Crippen LogP) is 3.33. The number of nitriles is 1. The molecular formula is C16H15ClN2O2S. The lowest BCUT2D eigenvalue weighted by atomic mass is 10.1. The summed E-state index contributed by atoms with van der Waals surface area (Å²) in [5.41, 5.74) is 2.15. The zero-order valence-corrected chi connectivity index (χ0v) is 13.5. The maximum atomic E-state index is 12.2. The van der Waals surface area contributed by atoms with Crippen LogP contribution in [0.25, 0.3) is 0 Å². The summed E-state index contributed by atoms with van der Waals surface area (Å²) in [7, 11) is -3.68. The molecule has 0 heterocycles. The third-order valence-electron chi connectivity index (χ3n) is 3.14. The molecule has 0 aliphatic heterocycles. The molecule has 0 spiro atoms. The fraction of sp³-hybridized carbons (Fsp3) is 0.188. The number of rotatable bonds is 5. The highest BCUT2D eigenvalue weighted by Crippen LogP contribution is 2.19. The van der Waals surface area contributed by atoms with E-state index in [1.54, 1.807) is 36.4 Å². The van der Waals surface area contributed by atoms with Crippen molar-refractivity contribution in [3.8, 4) is 6.07 Å². The van der Waals surface area contributed by atoms with Crippen LogP contribution in [0.1, 0.15) is 22.7 Å². The number of hydrogen-bond acceptors (Lipinski definition) is 3. The van der Waals surface area contributed by atoms with E-state index in [4.69, 9.17) is 11.6 Å². The first-order valence-corrected chi connectivity index (χ1v) is 8.64. The molecule has 2 rings (SSSR count). The molecule has 22 heavy (non-hydrogen) atoms. The monoisotopic (exact) mass is 334 g/mol. The van der Waals surface area contributed by atoms with Gasteiger partial charge in [0.15, 0.2) is 0 Å². The number of sulfonamides is 1. The minimum Gasteiger partial charge on any atom is -0.212 e. The Morgan fingerprint density at radius 1 is 1.18 bits per heavy atom. The van der Waals surface area contributed by atoms with E-state index >= 15 is 0 Å². The number of aryl methyl sites for hydroxylation is 1. The van der Waals surface area contributed by atoms with Crippen molar-refractivity contribution in [1.82, 2.24) is 4.72 Å². The lowest BCUT2D eigenvalue weighted by Crippen LogP contribution is -2.29. The minimum absolute atomic E-state index is 0.267. The van der Waals surface area contributed by atoms with Gasteiger partial charge >= 0.3 is 0 Å². The lowest BCUT2D eigenvalue weighted by molar-refractivity contribution is 0.574. The molecule has 0 amide bonds. The van der Waals surface area contributed by atoms with Crippen LogP contribution in [0.4, 0.5) is 0 Å². The molecule has 0 bridgehead atoms. The average Bonchev–Trinajstić information content (AvgIpc) is 2.48. The fourth-order valence-electron chi connectivity index (χ4n) is 1.97. The van der Waals surface area contributed by atoms with Crippen molar-refractivity contribution < 1.29 is 8.42 Å². The molecule has 4 nitrogen and oxygen atoms in total. The van der Waals surface area contributed by atoms with Crippen molar-refractivity contribution in [2.45, 2.75) is 18.7 Å². The van der Waals surface area contributed by atoms with Crippen molar-refractivity contribution >= 4 is 21.6 Å². The smallest absolute Gasteiger partial charge is 0.212 e. The average molecular weight is 335 g/mol. The summed E-state index contributed by atoms with van der Waals surface area (Å²) in [6, 6.07) is 14.9. The van der Waals surface area contributed by atoms with Gasteiger partial charge in [-0.15, -0.1) is 0 Å².